The molecule has 2 N–H and O–H groups in total. The summed E-state index contributed by atoms with van der Waals surface area (Å²) in [6.07, 6.45) is 1.75. The fourth-order valence-corrected chi connectivity index (χ4v) is 1.72. The minimum absolute atomic E-state index is 0.445. The van der Waals surface area contributed by atoms with Crippen LogP contribution in [-0.2, 0) is 6.61 Å². The first kappa shape index (κ1) is 10.5. The van der Waals surface area contributed by atoms with E-state index in [0.717, 1.165) is 4.88 Å². The summed E-state index contributed by atoms with van der Waals surface area (Å²) in [5.74, 6) is 0.590. The zero-order chi connectivity index (χ0) is 11.4. The summed E-state index contributed by atoms with van der Waals surface area (Å²) in [7, 11) is 0. The van der Waals surface area contributed by atoms with E-state index in [1.807, 2.05) is 6.07 Å². The molecule has 0 bridgehead atoms. The average Bonchev–Trinajstić information content (AvgIpc) is 2.80. The maximum Gasteiger partial charge on any atom is 0.142 e. The van der Waals surface area contributed by atoms with Crippen molar-refractivity contribution in [1.82, 2.24) is 4.98 Å². The topological polar surface area (TPSA) is 71.9 Å². The summed E-state index contributed by atoms with van der Waals surface area (Å²) < 4.78 is 5.52. The van der Waals surface area contributed by atoms with E-state index >= 15 is 0 Å². The predicted octanol–water partition coefficient (Wildman–Crippen LogP) is 2.18. The van der Waals surface area contributed by atoms with Crippen molar-refractivity contribution in [3.05, 3.63) is 40.3 Å². The molecular formula is C11H9N3OS. The quantitative estimate of drug-likeness (QED) is 0.822. The van der Waals surface area contributed by atoms with Crippen molar-refractivity contribution in [3.63, 3.8) is 0 Å². The maximum absolute atomic E-state index is 8.68. The van der Waals surface area contributed by atoms with Gasteiger partial charge in [-0.25, -0.2) is 0 Å². The van der Waals surface area contributed by atoms with Crippen molar-refractivity contribution in [2.24, 2.45) is 0 Å². The molecule has 1 aromatic carbocycles. The fourth-order valence-electron chi connectivity index (χ4n) is 1.21. The molecule has 16 heavy (non-hydrogen) atoms. The number of hydrogen-bond donors (Lipinski definition) is 1. The van der Waals surface area contributed by atoms with E-state index in [2.05, 4.69) is 4.98 Å². The number of benzene rings is 1. The monoisotopic (exact) mass is 231 g/mol. The van der Waals surface area contributed by atoms with Crippen LogP contribution in [0.5, 0.6) is 5.75 Å². The first-order valence-electron chi connectivity index (χ1n) is 4.59. The summed E-state index contributed by atoms with van der Waals surface area (Å²) in [4.78, 5) is 4.98. The smallest absolute Gasteiger partial charge is 0.142 e. The number of aromatic nitrogens is 1. The molecule has 1 heterocycles. The maximum atomic E-state index is 8.68. The van der Waals surface area contributed by atoms with E-state index in [1.165, 1.54) is 11.3 Å². The fraction of sp³-hybridized carbons (Fsp3) is 0.0909. The van der Waals surface area contributed by atoms with E-state index in [-0.39, 0.29) is 0 Å². The molecule has 0 radical (unpaired) electrons. The Bertz CT molecular complexity index is 517. The second kappa shape index (κ2) is 4.64. The van der Waals surface area contributed by atoms with Crippen LogP contribution < -0.4 is 10.5 Å². The molecule has 2 rings (SSSR count). The van der Waals surface area contributed by atoms with Gasteiger partial charge in [-0.3, -0.25) is 4.98 Å². The second-order valence-corrected chi connectivity index (χ2v) is 4.09. The molecule has 0 saturated heterocycles. The highest BCUT2D eigenvalue weighted by Crippen LogP contribution is 2.23. The minimum Gasteiger partial charge on any atom is -0.486 e. The van der Waals surface area contributed by atoms with Gasteiger partial charge in [-0.15, -0.1) is 11.3 Å². The minimum atomic E-state index is 0.445. The molecule has 1 aromatic heterocycles. The first-order valence-corrected chi connectivity index (χ1v) is 5.47. The van der Waals surface area contributed by atoms with Gasteiger partial charge in [-0.2, -0.15) is 5.26 Å². The largest absolute Gasteiger partial charge is 0.486 e. The van der Waals surface area contributed by atoms with Crippen LogP contribution in [0.25, 0.3) is 0 Å². The lowest BCUT2D eigenvalue weighted by Gasteiger charge is -2.07. The van der Waals surface area contributed by atoms with Gasteiger partial charge in [0.15, 0.2) is 0 Å². The van der Waals surface area contributed by atoms with E-state index in [0.29, 0.717) is 23.6 Å². The number of nitrogens with zero attached hydrogens (tertiary/aromatic N) is 2. The Morgan fingerprint density at radius 2 is 2.38 bits per heavy atom. The van der Waals surface area contributed by atoms with Gasteiger partial charge in [-0.1, -0.05) is 0 Å². The Kier molecular flexibility index (Phi) is 3.03. The molecule has 0 unspecified atom stereocenters. The van der Waals surface area contributed by atoms with Crippen LogP contribution in [0.3, 0.4) is 0 Å². The van der Waals surface area contributed by atoms with Gasteiger partial charge in [-0.05, 0) is 18.2 Å². The van der Waals surface area contributed by atoms with Crippen LogP contribution >= 0.6 is 11.3 Å². The molecule has 5 heteroatoms. The SMILES string of the molecule is N#Cc1ccc(OCc2cncs2)c(N)c1. The molecule has 0 aliphatic rings. The number of nitrogens with two attached hydrogens (primary N) is 1. The summed E-state index contributed by atoms with van der Waals surface area (Å²) in [6.45, 7) is 0.445. The number of hydrogen-bond acceptors (Lipinski definition) is 5. The summed E-state index contributed by atoms with van der Waals surface area (Å²) in [5, 5.41) is 8.68. The summed E-state index contributed by atoms with van der Waals surface area (Å²) in [6, 6.07) is 7.00. The molecule has 0 aliphatic heterocycles. The van der Waals surface area contributed by atoms with Crippen molar-refractivity contribution >= 4 is 17.0 Å². The van der Waals surface area contributed by atoms with Crippen molar-refractivity contribution in [3.8, 4) is 11.8 Å². The standard InChI is InChI=1S/C11H9N3OS/c12-4-8-1-2-11(10(13)3-8)15-6-9-5-14-7-16-9/h1-3,5,7H,6,13H2. The molecule has 4 nitrogen and oxygen atoms in total. The van der Waals surface area contributed by atoms with Crippen LogP contribution in [0.4, 0.5) is 5.69 Å². The zero-order valence-corrected chi connectivity index (χ0v) is 9.20. The van der Waals surface area contributed by atoms with Gasteiger partial charge in [0, 0.05) is 6.20 Å². The second-order valence-electron chi connectivity index (χ2n) is 3.12. The first-order chi connectivity index (χ1) is 7.79. The highest BCUT2D eigenvalue weighted by atomic mass is 32.1. The Morgan fingerprint density at radius 3 is 3.00 bits per heavy atom. The van der Waals surface area contributed by atoms with E-state index in [1.54, 1.807) is 29.9 Å². The van der Waals surface area contributed by atoms with Gasteiger partial charge in [0.05, 0.1) is 27.7 Å². The molecule has 0 aliphatic carbocycles. The Labute approximate surface area is 96.9 Å². The van der Waals surface area contributed by atoms with Crippen LogP contribution in [0.15, 0.2) is 29.9 Å². The Morgan fingerprint density at radius 1 is 1.50 bits per heavy atom. The van der Waals surface area contributed by atoms with Crippen molar-refractivity contribution in [1.29, 1.82) is 5.26 Å². The zero-order valence-electron chi connectivity index (χ0n) is 8.38. The number of anilines is 1. The molecule has 2 aromatic rings. The molecule has 0 fully saturated rings. The van der Waals surface area contributed by atoms with Crippen molar-refractivity contribution in [2.45, 2.75) is 6.61 Å². The van der Waals surface area contributed by atoms with Gasteiger partial charge in [0.1, 0.15) is 12.4 Å². The molecular weight excluding hydrogens is 222 g/mol. The van der Waals surface area contributed by atoms with Crippen molar-refractivity contribution < 1.29 is 4.74 Å². The normalized spacial score (nSPS) is 9.69. The van der Waals surface area contributed by atoms with Gasteiger partial charge >= 0.3 is 0 Å². The van der Waals surface area contributed by atoms with E-state index in [9.17, 15) is 0 Å². The number of thiazole rings is 1. The summed E-state index contributed by atoms with van der Waals surface area (Å²) in [5.41, 5.74) is 8.50. The molecule has 0 atom stereocenters. The lowest BCUT2D eigenvalue weighted by Crippen LogP contribution is -1.97. The van der Waals surface area contributed by atoms with Crippen LogP contribution in [0.1, 0.15) is 10.4 Å². The van der Waals surface area contributed by atoms with Crippen molar-refractivity contribution in [2.75, 3.05) is 5.73 Å². The van der Waals surface area contributed by atoms with E-state index in [4.69, 9.17) is 15.7 Å². The molecule has 80 valence electrons. The predicted molar refractivity (Wildman–Crippen MR) is 62.0 cm³/mol. The third-order valence-corrected chi connectivity index (χ3v) is 2.75. The third kappa shape index (κ3) is 2.30. The highest BCUT2D eigenvalue weighted by molar-refractivity contribution is 7.09. The number of ether oxygens (including phenoxy) is 1. The molecule has 0 saturated carbocycles. The number of rotatable bonds is 3. The molecule has 0 amide bonds. The van der Waals surface area contributed by atoms with Crippen LogP contribution in [0, 0.1) is 11.3 Å². The number of nitrogen functional groups attached to an aromatic ring is 1. The average molecular weight is 231 g/mol. The van der Waals surface area contributed by atoms with Crippen LogP contribution in [0.2, 0.25) is 0 Å². The van der Waals surface area contributed by atoms with Gasteiger partial charge < -0.3 is 10.5 Å². The van der Waals surface area contributed by atoms with Gasteiger partial charge in [0.25, 0.3) is 0 Å². The van der Waals surface area contributed by atoms with Crippen LogP contribution in [-0.4, -0.2) is 4.98 Å². The number of nitriles is 1. The lowest BCUT2D eigenvalue weighted by molar-refractivity contribution is 0.311. The Balaban J connectivity index is 2.08. The highest BCUT2D eigenvalue weighted by Gasteiger charge is 2.02. The van der Waals surface area contributed by atoms with E-state index < -0.39 is 0 Å². The third-order valence-electron chi connectivity index (χ3n) is 1.99. The summed E-state index contributed by atoms with van der Waals surface area (Å²) >= 11 is 1.53. The Hall–Kier alpha value is -2.06. The lowest BCUT2D eigenvalue weighted by atomic mass is 10.2. The molecule has 0 spiro atoms. The van der Waals surface area contributed by atoms with Gasteiger partial charge in [0.2, 0.25) is 0 Å².